The van der Waals surface area contributed by atoms with Gasteiger partial charge in [0.2, 0.25) is 5.88 Å². The van der Waals surface area contributed by atoms with Crippen molar-refractivity contribution in [1.29, 1.82) is 0 Å². The number of rotatable bonds is 4. The minimum absolute atomic E-state index is 0.0153. The molecule has 1 aromatic heterocycles. The highest BCUT2D eigenvalue weighted by molar-refractivity contribution is 6.30. The van der Waals surface area contributed by atoms with Crippen LogP contribution in [-0.2, 0) is 6.54 Å². The fourth-order valence-corrected chi connectivity index (χ4v) is 1.89. The molecule has 2 N–H and O–H groups in total. The van der Waals surface area contributed by atoms with Crippen molar-refractivity contribution in [2.24, 2.45) is 5.73 Å². The summed E-state index contributed by atoms with van der Waals surface area (Å²) in [5.74, 6) is -0.0000300. The third-order valence-corrected chi connectivity index (χ3v) is 3.13. The molecule has 1 heterocycles. The molecule has 0 unspecified atom stereocenters. The van der Waals surface area contributed by atoms with Gasteiger partial charge in [0.25, 0.3) is 0 Å². The second-order valence-corrected chi connectivity index (χ2v) is 5.16. The molecule has 5 heteroatoms. The summed E-state index contributed by atoms with van der Waals surface area (Å²) >= 11 is 5.72. The lowest BCUT2D eigenvalue weighted by Gasteiger charge is -2.12. The van der Waals surface area contributed by atoms with Crippen LogP contribution in [0.3, 0.4) is 0 Å². The molecule has 0 saturated carbocycles. The Bertz CT molecular complexity index is 617. The second-order valence-electron chi connectivity index (χ2n) is 4.75. The number of nitrogens with two attached hydrogens (primary N) is 1. The lowest BCUT2D eigenvalue weighted by Crippen LogP contribution is -2.02. The Morgan fingerprint density at radius 1 is 1.35 bits per heavy atom. The fourth-order valence-electron chi connectivity index (χ4n) is 1.72. The predicted octanol–water partition coefficient (Wildman–Crippen LogP) is 4.25. The number of hydrogen-bond donors (Lipinski definition) is 1. The highest BCUT2D eigenvalue weighted by Gasteiger charge is 2.11. The highest BCUT2D eigenvalue weighted by Crippen LogP contribution is 2.29. The number of hydrogen-bond acceptors (Lipinski definition) is 3. The Hall–Kier alpha value is -1.65. The molecule has 0 fully saturated rings. The standard InChI is InChI=1S/C15H16ClFN2O/c1-9(2)12-6-10(8-18)7-14(19-12)20-13-5-3-4-11(16)15(13)17/h3-7,9H,8,18H2,1-2H3. The third kappa shape index (κ3) is 3.26. The van der Waals surface area contributed by atoms with E-state index in [1.807, 2.05) is 19.9 Å². The molecule has 0 atom stereocenters. The summed E-state index contributed by atoms with van der Waals surface area (Å²) in [6.07, 6.45) is 0. The summed E-state index contributed by atoms with van der Waals surface area (Å²) in [5.41, 5.74) is 7.40. The molecule has 20 heavy (non-hydrogen) atoms. The number of pyridine rings is 1. The largest absolute Gasteiger partial charge is 0.436 e. The van der Waals surface area contributed by atoms with E-state index >= 15 is 0 Å². The summed E-state index contributed by atoms with van der Waals surface area (Å²) in [7, 11) is 0. The number of benzene rings is 1. The first-order valence-corrected chi connectivity index (χ1v) is 6.72. The molecule has 3 nitrogen and oxygen atoms in total. The van der Waals surface area contributed by atoms with Gasteiger partial charge in [0.05, 0.1) is 5.02 Å². The predicted molar refractivity (Wildman–Crippen MR) is 77.7 cm³/mol. The van der Waals surface area contributed by atoms with E-state index in [-0.39, 0.29) is 16.7 Å². The summed E-state index contributed by atoms with van der Waals surface area (Å²) in [6, 6.07) is 8.22. The molecule has 0 saturated heterocycles. The molecule has 0 bridgehead atoms. The van der Waals surface area contributed by atoms with E-state index in [2.05, 4.69) is 4.98 Å². The van der Waals surface area contributed by atoms with E-state index in [0.29, 0.717) is 12.4 Å². The van der Waals surface area contributed by atoms with E-state index < -0.39 is 5.82 Å². The van der Waals surface area contributed by atoms with Crippen LogP contribution in [0.25, 0.3) is 0 Å². The third-order valence-electron chi connectivity index (χ3n) is 2.84. The first-order chi connectivity index (χ1) is 9.51. The van der Waals surface area contributed by atoms with Gasteiger partial charge in [-0.2, -0.15) is 0 Å². The number of aromatic nitrogens is 1. The van der Waals surface area contributed by atoms with E-state index in [1.54, 1.807) is 12.1 Å². The maximum atomic E-state index is 13.8. The van der Waals surface area contributed by atoms with Crippen molar-refractivity contribution < 1.29 is 9.13 Å². The van der Waals surface area contributed by atoms with Crippen LogP contribution in [0.5, 0.6) is 11.6 Å². The van der Waals surface area contributed by atoms with Crippen molar-refractivity contribution in [2.45, 2.75) is 26.3 Å². The number of ether oxygens (including phenoxy) is 1. The molecule has 0 aliphatic rings. The van der Waals surface area contributed by atoms with Crippen LogP contribution in [0.1, 0.15) is 31.0 Å². The average Bonchev–Trinajstić information content (AvgIpc) is 2.43. The number of halogens is 2. The Balaban J connectivity index is 2.37. The summed E-state index contributed by atoms with van der Waals surface area (Å²) in [4.78, 5) is 4.36. The van der Waals surface area contributed by atoms with Gasteiger partial charge in [0, 0.05) is 18.3 Å². The lowest BCUT2D eigenvalue weighted by atomic mass is 10.1. The van der Waals surface area contributed by atoms with Crippen molar-refractivity contribution in [1.82, 2.24) is 4.98 Å². The monoisotopic (exact) mass is 294 g/mol. The van der Waals surface area contributed by atoms with Gasteiger partial charge in [-0.15, -0.1) is 0 Å². The zero-order valence-electron chi connectivity index (χ0n) is 11.4. The summed E-state index contributed by atoms with van der Waals surface area (Å²) < 4.78 is 19.3. The minimum Gasteiger partial charge on any atom is -0.436 e. The molecular formula is C15H16ClFN2O. The molecular weight excluding hydrogens is 279 g/mol. The van der Waals surface area contributed by atoms with Crippen LogP contribution in [0.15, 0.2) is 30.3 Å². The van der Waals surface area contributed by atoms with Crippen LogP contribution in [-0.4, -0.2) is 4.98 Å². The molecule has 0 radical (unpaired) electrons. The Kier molecular flexibility index (Phi) is 4.57. The Morgan fingerprint density at radius 2 is 2.10 bits per heavy atom. The van der Waals surface area contributed by atoms with E-state index in [9.17, 15) is 4.39 Å². The van der Waals surface area contributed by atoms with Crippen LogP contribution in [0.2, 0.25) is 5.02 Å². The fraction of sp³-hybridized carbons (Fsp3) is 0.267. The van der Waals surface area contributed by atoms with Gasteiger partial charge in [-0.05, 0) is 29.7 Å². The van der Waals surface area contributed by atoms with E-state index in [1.165, 1.54) is 12.1 Å². The summed E-state index contributed by atoms with van der Waals surface area (Å²) in [6.45, 7) is 4.41. The van der Waals surface area contributed by atoms with Gasteiger partial charge in [0.15, 0.2) is 11.6 Å². The van der Waals surface area contributed by atoms with Gasteiger partial charge < -0.3 is 10.5 Å². The van der Waals surface area contributed by atoms with Gasteiger partial charge >= 0.3 is 0 Å². The number of nitrogens with zero attached hydrogens (tertiary/aromatic N) is 1. The maximum absolute atomic E-state index is 13.8. The molecule has 0 aliphatic heterocycles. The maximum Gasteiger partial charge on any atom is 0.219 e. The SMILES string of the molecule is CC(C)c1cc(CN)cc(Oc2cccc(Cl)c2F)n1. The summed E-state index contributed by atoms with van der Waals surface area (Å²) in [5, 5.41) is 0.0153. The molecule has 0 spiro atoms. The lowest BCUT2D eigenvalue weighted by molar-refractivity contribution is 0.424. The highest BCUT2D eigenvalue weighted by atomic mass is 35.5. The normalized spacial score (nSPS) is 10.9. The van der Waals surface area contributed by atoms with E-state index in [4.69, 9.17) is 22.1 Å². The van der Waals surface area contributed by atoms with Gasteiger partial charge in [-0.1, -0.05) is 31.5 Å². The zero-order chi connectivity index (χ0) is 14.7. The molecule has 1 aromatic carbocycles. The van der Waals surface area contributed by atoms with Gasteiger partial charge in [-0.25, -0.2) is 9.37 Å². The van der Waals surface area contributed by atoms with Crippen LogP contribution < -0.4 is 10.5 Å². The van der Waals surface area contributed by atoms with Crippen LogP contribution in [0, 0.1) is 5.82 Å². The molecule has 2 aromatic rings. The van der Waals surface area contributed by atoms with Crippen molar-refractivity contribution >= 4 is 11.6 Å². The molecule has 106 valence electrons. The molecule has 0 amide bonds. The Morgan fingerprint density at radius 3 is 2.75 bits per heavy atom. The van der Waals surface area contributed by atoms with Crippen LogP contribution >= 0.6 is 11.6 Å². The molecule has 0 aliphatic carbocycles. The van der Waals surface area contributed by atoms with Crippen molar-refractivity contribution in [3.63, 3.8) is 0 Å². The van der Waals surface area contributed by atoms with Crippen molar-refractivity contribution in [2.75, 3.05) is 0 Å². The smallest absolute Gasteiger partial charge is 0.219 e. The quantitative estimate of drug-likeness (QED) is 0.917. The zero-order valence-corrected chi connectivity index (χ0v) is 12.1. The van der Waals surface area contributed by atoms with Crippen LogP contribution in [0.4, 0.5) is 4.39 Å². The topological polar surface area (TPSA) is 48.1 Å². The Labute approximate surface area is 122 Å². The van der Waals surface area contributed by atoms with Crippen molar-refractivity contribution in [3.05, 3.63) is 52.4 Å². The first kappa shape index (κ1) is 14.8. The van der Waals surface area contributed by atoms with E-state index in [0.717, 1.165) is 11.3 Å². The average molecular weight is 295 g/mol. The second kappa shape index (κ2) is 6.20. The minimum atomic E-state index is -0.597. The van der Waals surface area contributed by atoms with Gasteiger partial charge in [-0.3, -0.25) is 0 Å². The first-order valence-electron chi connectivity index (χ1n) is 6.34. The molecule has 2 rings (SSSR count). The van der Waals surface area contributed by atoms with Crippen molar-refractivity contribution in [3.8, 4) is 11.6 Å². The van der Waals surface area contributed by atoms with Gasteiger partial charge in [0.1, 0.15) is 0 Å².